The number of benzene rings is 1. The molecule has 0 radical (unpaired) electrons. The van der Waals surface area contributed by atoms with Crippen molar-refractivity contribution in [3.05, 3.63) is 51.9 Å². The smallest absolute Gasteiger partial charge is 0.341 e. The molecular formula is C22H24N2O3S. The van der Waals surface area contributed by atoms with Crippen molar-refractivity contribution in [1.82, 2.24) is 0 Å². The molecule has 1 N–H and O–H groups in total. The van der Waals surface area contributed by atoms with E-state index in [9.17, 15) is 14.9 Å². The molecule has 0 bridgehead atoms. The number of nitriles is 1. The zero-order valence-electron chi connectivity index (χ0n) is 16.4. The van der Waals surface area contributed by atoms with Gasteiger partial charge >= 0.3 is 5.97 Å². The van der Waals surface area contributed by atoms with Crippen LogP contribution in [0, 0.1) is 17.2 Å². The third-order valence-corrected chi connectivity index (χ3v) is 6.28. The van der Waals surface area contributed by atoms with Gasteiger partial charge < -0.3 is 10.1 Å². The lowest BCUT2D eigenvalue weighted by Gasteiger charge is -2.31. The molecule has 1 heterocycles. The first-order valence-electron chi connectivity index (χ1n) is 9.51. The quantitative estimate of drug-likeness (QED) is 0.756. The average Bonchev–Trinajstić information content (AvgIpc) is 3.05. The van der Waals surface area contributed by atoms with E-state index in [-0.39, 0.29) is 18.4 Å². The van der Waals surface area contributed by atoms with Gasteiger partial charge in [0.1, 0.15) is 5.00 Å². The molecule has 0 saturated carbocycles. The van der Waals surface area contributed by atoms with Crippen molar-refractivity contribution in [1.29, 1.82) is 5.26 Å². The second-order valence-corrected chi connectivity index (χ2v) is 8.41. The number of fused-ring (bicyclic) bond motifs is 1. The molecule has 1 aromatic carbocycles. The van der Waals surface area contributed by atoms with Crippen LogP contribution in [0.4, 0.5) is 5.00 Å². The Hall–Kier alpha value is -2.65. The highest BCUT2D eigenvalue weighted by atomic mass is 32.1. The van der Waals surface area contributed by atoms with E-state index >= 15 is 0 Å². The van der Waals surface area contributed by atoms with Crippen LogP contribution in [0.3, 0.4) is 0 Å². The summed E-state index contributed by atoms with van der Waals surface area (Å²) < 4.78 is 5.25. The van der Waals surface area contributed by atoms with Crippen LogP contribution >= 0.6 is 11.3 Å². The number of nitrogens with one attached hydrogen (secondary N) is 1. The number of hydrogen-bond donors (Lipinski definition) is 1. The number of hydrogen-bond acceptors (Lipinski definition) is 5. The average molecular weight is 397 g/mol. The van der Waals surface area contributed by atoms with Gasteiger partial charge in [0.15, 0.2) is 0 Å². The summed E-state index contributed by atoms with van der Waals surface area (Å²) >= 11 is 1.39. The van der Waals surface area contributed by atoms with E-state index in [2.05, 4.69) is 11.4 Å². The molecule has 146 valence electrons. The van der Waals surface area contributed by atoms with Gasteiger partial charge in [-0.15, -0.1) is 11.3 Å². The summed E-state index contributed by atoms with van der Waals surface area (Å²) in [5, 5.41) is 13.4. The van der Waals surface area contributed by atoms with E-state index < -0.39 is 11.4 Å². The largest absolute Gasteiger partial charge is 0.462 e. The summed E-state index contributed by atoms with van der Waals surface area (Å²) in [6, 6.07) is 12.3. The molecule has 5 nitrogen and oxygen atoms in total. The molecule has 1 aromatic heterocycles. The van der Waals surface area contributed by atoms with Gasteiger partial charge in [-0.2, -0.15) is 5.26 Å². The first-order valence-corrected chi connectivity index (χ1v) is 10.3. The van der Waals surface area contributed by atoms with E-state index in [1.807, 2.05) is 44.2 Å². The molecule has 2 aromatic rings. The van der Waals surface area contributed by atoms with Gasteiger partial charge in [0.2, 0.25) is 5.91 Å². The maximum atomic E-state index is 12.6. The molecule has 1 atom stereocenters. The van der Waals surface area contributed by atoms with Crippen LogP contribution in [-0.4, -0.2) is 18.5 Å². The van der Waals surface area contributed by atoms with E-state index in [0.717, 1.165) is 16.0 Å². The van der Waals surface area contributed by atoms with Crippen molar-refractivity contribution in [2.75, 3.05) is 11.9 Å². The highest BCUT2D eigenvalue weighted by molar-refractivity contribution is 7.17. The minimum Gasteiger partial charge on any atom is -0.462 e. The zero-order valence-corrected chi connectivity index (χ0v) is 17.2. The number of carbonyl (C=O) groups is 2. The molecule has 0 unspecified atom stereocenters. The van der Waals surface area contributed by atoms with Crippen molar-refractivity contribution in [3.63, 3.8) is 0 Å². The lowest BCUT2D eigenvalue weighted by molar-refractivity contribution is -0.118. The lowest BCUT2D eigenvalue weighted by atomic mass is 9.70. The van der Waals surface area contributed by atoms with Crippen molar-refractivity contribution >= 4 is 28.2 Å². The number of thiophene rings is 1. The Morgan fingerprint density at radius 3 is 2.64 bits per heavy atom. The summed E-state index contributed by atoms with van der Waals surface area (Å²) in [4.78, 5) is 25.8. The number of rotatable bonds is 5. The lowest BCUT2D eigenvalue weighted by Crippen LogP contribution is -2.31. The van der Waals surface area contributed by atoms with Gasteiger partial charge in [0.05, 0.1) is 23.7 Å². The maximum Gasteiger partial charge on any atom is 0.341 e. The van der Waals surface area contributed by atoms with Crippen molar-refractivity contribution in [2.45, 2.75) is 45.4 Å². The predicted octanol–water partition coefficient (Wildman–Crippen LogP) is 4.47. The van der Waals surface area contributed by atoms with E-state index in [4.69, 9.17) is 4.74 Å². The van der Waals surface area contributed by atoms with Gasteiger partial charge in [0, 0.05) is 17.2 Å². The van der Waals surface area contributed by atoms with Gasteiger partial charge in [-0.3, -0.25) is 4.79 Å². The molecule has 3 rings (SSSR count). The highest BCUT2D eigenvalue weighted by Crippen LogP contribution is 2.45. The van der Waals surface area contributed by atoms with Crippen molar-refractivity contribution in [2.24, 2.45) is 5.92 Å². The monoisotopic (exact) mass is 396 g/mol. The Kier molecular flexibility index (Phi) is 5.85. The molecule has 1 aliphatic carbocycles. The van der Waals surface area contributed by atoms with Gasteiger partial charge in [-0.1, -0.05) is 44.2 Å². The second-order valence-electron chi connectivity index (χ2n) is 7.31. The Labute approximate surface area is 169 Å². The number of esters is 1. The fraction of sp³-hybridized carbons (Fsp3) is 0.409. The number of carbonyl (C=O) groups excluding carboxylic acids is 2. The summed E-state index contributed by atoms with van der Waals surface area (Å²) in [6.45, 7) is 5.65. The SMILES string of the molecule is CCOC(=O)c1c(NC(=O)C(C)C)sc2c1CC[C@@](C#N)(c1ccccc1)C2. The summed E-state index contributed by atoms with van der Waals surface area (Å²) in [5.41, 5.74) is 1.73. The first kappa shape index (κ1) is 20.1. The van der Waals surface area contributed by atoms with E-state index in [1.54, 1.807) is 6.92 Å². The minimum absolute atomic E-state index is 0.140. The Morgan fingerprint density at radius 2 is 2.04 bits per heavy atom. The van der Waals surface area contributed by atoms with Crippen LogP contribution in [0.15, 0.2) is 30.3 Å². The fourth-order valence-electron chi connectivity index (χ4n) is 3.55. The van der Waals surface area contributed by atoms with E-state index in [1.165, 1.54) is 11.3 Å². The topological polar surface area (TPSA) is 79.2 Å². The van der Waals surface area contributed by atoms with Crippen LogP contribution in [0.2, 0.25) is 0 Å². The Balaban J connectivity index is 2.04. The minimum atomic E-state index is -0.621. The molecule has 6 heteroatoms. The maximum absolute atomic E-state index is 12.6. The summed E-state index contributed by atoms with van der Waals surface area (Å²) in [7, 11) is 0. The number of amides is 1. The van der Waals surface area contributed by atoms with E-state index in [0.29, 0.717) is 29.8 Å². The molecular weight excluding hydrogens is 372 g/mol. The molecule has 1 amide bonds. The number of nitrogens with zero attached hydrogens (tertiary/aromatic N) is 1. The Morgan fingerprint density at radius 1 is 1.32 bits per heavy atom. The molecule has 0 aliphatic heterocycles. The molecule has 0 saturated heterocycles. The van der Waals surface area contributed by atoms with Crippen molar-refractivity contribution in [3.8, 4) is 6.07 Å². The van der Waals surface area contributed by atoms with Gasteiger partial charge in [0.25, 0.3) is 0 Å². The Bertz CT molecular complexity index is 927. The van der Waals surface area contributed by atoms with Crippen LogP contribution in [0.25, 0.3) is 0 Å². The zero-order chi connectivity index (χ0) is 20.3. The predicted molar refractivity (Wildman–Crippen MR) is 110 cm³/mol. The standard InChI is InChI=1S/C22H24N2O3S/c1-4-27-21(26)18-16-10-11-22(13-23,15-8-6-5-7-9-15)12-17(16)28-20(18)24-19(25)14(2)3/h5-9,14H,4,10-12H2,1-3H3,(H,24,25)/t22-/m1/s1. The van der Waals surface area contributed by atoms with Crippen LogP contribution in [0.1, 0.15) is 53.6 Å². The van der Waals surface area contributed by atoms with Gasteiger partial charge in [-0.05, 0) is 30.9 Å². The third kappa shape index (κ3) is 3.67. The van der Waals surface area contributed by atoms with Gasteiger partial charge in [-0.25, -0.2) is 4.79 Å². The van der Waals surface area contributed by atoms with Crippen LogP contribution in [0.5, 0.6) is 0 Å². The van der Waals surface area contributed by atoms with Crippen LogP contribution in [-0.2, 0) is 27.8 Å². The van der Waals surface area contributed by atoms with Crippen LogP contribution < -0.4 is 5.32 Å². The molecule has 0 spiro atoms. The first-order chi connectivity index (χ1) is 13.4. The fourth-order valence-corrected chi connectivity index (χ4v) is 4.90. The highest BCUT2D eigenvalue weighted by Gasteiger charge is 2.40. The third-order valence-electron chi connectivity index (χ3n) is 5.14. The number of ether oxygens (including phenoxy) is 1. The molecule has 28 heavy (non-hydrogen) atoms. The summed E-state index contributed by atoms with van der Waals surface area (Å²) in [5.74, 6) is -0.751. The van der Waals surface area contributed by atoms with Crippen molar-refractivity contribution < 1.29 is 14.3 Å². The molecule has 1 aliphatic rings. The second kappa shape index (κ2) is 8.15. The molecule has 0 fully saturated rings. The number of anilines is 1. The normalized spacial score (nSPS) is 18.2. The summed E-state index contributed by atoms with van der Waals surface area (Å²) in [6.07, 6.45) is 1.75.